The Morgan fingerprint density at radius 2 is 2.05 bits per heavy atom. The van der Waals surface area contributed by atoms with Crippen molar-refractivity contribution < 1.29 is 4.79 Å². The highest BCUT2D eigenvalue weighted by Gasteiger charge is 2.70. The van der Waals surface area contributed by atoms with Gasteiger partial charge in [-0.25, -0.2) is 0 Å². The van der Waals surface area contributed by atoms with Crippen molar-refractivity contribution in [3.63, 3.8) is 0 Å². The van der Waals surface area contributed by atoms with E-state index in [2.05, 4.69) is 24.9 Å². The Hall–Kier alpha value is -0.890. The topological polar surface area (TPSA) is 20.1 Å². The van der Waals surface area contributed by atoms with Gasteiger partial charge in [0.2, 0.25) is 0 Å². The summed E-state index contributed by atoms with van der Waals surface area (Å²) in [6.45, 7) is 2.45. The van der Waals surface area contributed by atoms with E-state index in [1.165, 1.54) is 31.3 Å². The number of fused-ring (bicyclic) bond motifs is 4. The first-order valence-electron chi connectivity index (χ1n) is 8.74. The SMILES string of the molecule is CN1C2CCC3C4=CCC5=CC(=O)CCC5(C)C4CCC321. The lowest BCUT2D eigenvalue weighted by Crippen LogP contribution is -2.45. The largest absolute Gasteiger partial charge is 0.295 e. The highest BCUT2D eigenvalue weighted by atomic mass is 16.1. The summed E-state index contributed by atoms with van der Waals surface area (Å²) in [7, 11) is 2.34. The van der Waals surface area contributed by atoms with Crippen LogP contribution in [0.2, 0.25) is 0 Å². The molecule has 21 heavy (non-hydrogen) atoms. The molecule has 1 saturated heterocycles. The van der Waals surface area contributed by atoms with Gasteiger partial charge in [-0.05, 0) is 63.0 Å². The van der Waals surface area contributed by atoms with Crippen LogP contribution < -0.4 is 0 Å². The molecule has 0 bridgehead atoms. The highest BCUT2D eigenvalue weighted by molar-refractivity contribution is 5.91. The van der Waals surface area contributed by atoms with E-state index in [0.29, 0.717) is 17.2 Å². The van der Waals surface area contributed by atoms with Gasteiger partial charge in [0.1, 0.15) is 0 Å². The summed E-state index contributed by atoms with van der Waals surface area (Å²) < 4.78 is 0. The number of piperidine rings is 1. The maximum absolute atomic E-state index is 11.8. The van der Waals surface area contributed by atoms with Crippen LogP contribution in [0.3, 0.4) is 0 Å². The first-order chi connectivity index (χ1) is 10.1. The third-order valence-corrected chi connectivity index (χ3v) is 7.89. The average molecular weight is 283 g/mol. The molecular formula is C19H25NO. The van der Waals surface area contributed by atoms with Crippen molar-refractivity contribution in [2.24, 2.45) is 17.3 Å². The highest BCUT2D eigenvalue weighted by Crippen LogP contribution is 2.68. The Labute approximate surface area is 127 Å². The third kappa shape index (κ3) is 1.32. The van der Waals surface area contributed by atoms with Gasteiger partial charge in [-0.2, -0.15) is 0 Å². The second-order valence-electron chi connectivity index (χ2n) is 8.30. The van der Waals surface area contributed by atoms with Crippen molar-refractivity contribution >= 4 is 5.78 Å². The van der Waals surface area contributed by atoms with Crippen molar-refractivity contribution in [1.29, 1.82) is 0 Å². The Bertz CT molecular complexity index is 603. The standard InChI is InChI=1S/C19H25NO/c1-18-9-7-13(21)11-12(18)3-4-14-15(18)8-10-19-16(14)5-6-17(19)20(19)2/h4,11,15-17H,3,5-10H2,1-2H3. The zero-order valence-electron chi connectivity index (χ0n) is 13.2. The number of rotatable bonds is 0. The maximum atomic E-state index is 11.8. The predicted molar refractivity (Wildman–Crippen MR) is 82.9 cm³/mol. The molecular weight excluding hydrogens is 258 g/mol. The number of hydrogen-bond donors (Lipinski definition) is 0. The zero-order valence-corrected chi connectivity index (χ0v) is 13.2. The smallest absolute Gasteiger partial charge is 0.155 e. The average Bonchev–Trinajstić information content (AvgIpc) is 2.84. The van der Waals surface area contributed by atoms with E-state index in [4.69, 9.17) is 0 Å². The lowest BCUT2D eigenvalue weighted by atomic mass is 9.53. The molecule has 112 valence electrons. The molecule has 3 fully saturated rings. The van der Waals surface area contributed by atoms with E-state index in [0.717, 1.165) is 31.2 Å². The van der Waals surface area contributed by atoms with E-state index in [1.54, 1.807) is 5.57 Å². The van der Waals surface area contributed by atoms with Gasteiger partial charge in [-0.1, -0.05) is 24.1 Å². The van der Waals surface area contributed by atoms with Crippen molar-refractivity contribution in [1.82, 2.24) is 4.90 Å². The Balaban J connectivity index is 1.58. The van der Waals surface area contributed by atoms with E-state index in [-0.39, 0.29) is 5.41 Å². The van der Waals surface area contributed by atoms with Crippen LogP contribution in [0.25, 0.3) is 0 Å². The fraction of sp³-hybridized carbons (Fsp3) is 0.737. The van der Waals surface area contributed by atoms with Crippen LogP contribution in [0.15, 0.2) is 23.3 Å². The molecule has 1 aliphatic heterocycles. The summed E-state index contributed by atoms with van der Waals surface area (Å²) >= 11 is 0. The van der Waals surface area contributed by atoms with Gasteiger partial charge in [0.05, 0.1) is 0 Å². The van der Waals surface area contributed by atoms with E-state index < -0.39 is 0 Å². The van der Waals surface area contributed by atoms with Crippen LogP contribution in [0.4, 0.5) is 0 Å². The molecule has 0 aromatic rings. The first-order valence-corrected chi connectivity index (χ1v) is 8.74. The van der Waals surface area contributed by atoms with E-state index >= 15 is 0 Å². The summed E-state index contributed by atoms with van der Waals surface area (Å²) in [5.74, 6) is 1.89. The lowest BCUT2D eigenvalue weighted by Gasteiger charge is -2.51. The number of likely N-dealkylation sites (N-methyl/N-ethyl adjacent to an activating group) is 1. The van der Waals surface area contributed by atoms with Crippen molar-refractivity contribution in [2.45, 2.75) is 63.5 Å². The molecule has 2 saturated carbocycles. The number of carbonyl (C=O) groups excluding carboxylic acids is 1. The predicted octanol–water partition coefficient (Wildman–Crippen LogP) is 3.48. The molecule has 2 nitrogen and oxygen atoms in total. The molecule has 1 spiro atoms. The number of carbonyl (C=O) groups is 1. The molecule has 4 aliphatic carbocycles. The van der Waals surface area contributed by atoms with Crippen LogP contribution in [0.5, 0.6) is 0 Å². The molecule has 5 aliphatic rings. The van der Waals surface area contributed by atoms with Gasteiger partial charge in [0, 0.05) is 23.9 Å². The number of ketones is 1. The number of nitrogens with zero attached hydrogens (tertiary/aromatic N) is 1. The molecule has 1 heterocycles. The van der Waals surface area contributed by atoms with Gasteiger partial charge in [0.15, 0.2) is 5.78 Å². The maximum Gasteiger partial charge on any atom is 0.155 e. The quantitative estimate of drug-likeness (QED) is 0.501. The lowest BCUT2D eigenvalue weighted by molar-refractivity contribution is -0.116. The second kappa shape index (κ2) is 3.71. The Morgan fingerprint density at radius 3 is 2.86 bits per heavy atom. The van der Waals surface area contributed by atoms with Crippen LogP contribution >= 0.6 is 0 Å². The molecule has 0 radical (unpaired) electrons. The normalized spacial score (nSPS) is 53.9. The fourth-order valence-electron chi connectivity index (χ4n) is 6.69. The van der Waals surface area contributed by atoms with Gasteiger partial charge >= 0.3 is 0 Å². The fourth-order valence-corrected chi connectivity index (χ4v) is 6.69. The molecule has 6 unspecified atom stereocenters. The Morgan fingerprint density at radius 1 is 1.19 bits per heavy atom. The second-order valence-corrected chi connectivity index (χ2v) is 8.30. The van der Waals surface area contributed by atoms with Crippen LogP contribution in [0.1, 0.15) is 51.9 Å². The van der Waals surface area contributed by atoms with E-state index in [1.807, 2.05) is 6.08 Å². The minimum absolute atomic E-state index is 0.283. The molecule has 0 N–H and O–H groups in total. The van der Waals surface area contributed by atoms with Gasteiger partial charge in [0.25, 0.3) is 0 Å². The van der Waals surface area contributed by atoms with Crippen molar-refractivity contribution in [3.8, 4) is 0 Å². The third-order valence-electron chi connectivity index (χ3n) is 7.89. The number of allylic oxidation sites excluding steroid dienone is 3. The van der Waals surface area contributed by atoms with Gasteiger partial charge in [-0.3, -0.25) is 9.69 Å². The minimum Gasteiger partial charge on any atom is -0.295 e. The van der Waals surface area contributed by atoms with Crippen LogP contribution in [-0.2, 0) is 4.79 Å². The summed E-state index contributed by atoms with van der Waals surface area (Å²) in [6, 6.07) is 0.877. The van der Waals surface area contributed by atoms with Crippen LogP contribution in [-0.4, -0.2) is 29.3 Å². The first kappa shape index (κ1) is 12.6. The van der Waals surface area contributed by atoms with Gasteiger partial charge in [-0.15, -0.1) is 0 Å². The summed E-state index contributed by atoms with van der Waals surface area (Å²) in [4.78, 5) is 14.5. The van der Waals surface area contributed by atoms with E-state index in [9.17, 15) is 4.79 Å². The molecule has 0 aromatic heterocycles. The van der Waals surface area contributed by atoms with Crippen molar-refractivity contribution in [3.05, 3.63) is 23.3 Å². The summed E-state index contributed by atoms with van der Waals surface area (Å²) in [5, 5.41) is 0. The minimum atomic E-state index is 0.283. The molecule has 0 aromatic carbocycles. The zero-order chi connectivity index (χ0) is 14.4. The molecule has 0 amide bonds. The van der Waals surface area contributed by atoms with Gasteiger partial charge < -0.3 is 0 Å². The summed E-state index contributed by atoms with van der Waals surface area (Å²) in [5.41, 5.74) is 4.04. The van der Waals surface area contributed by atoms with Crippen LogP contribution in [0, 0.1) is 17.3 Å². The molecule has 2 heteroatoms. The molecule has 6 atom stereocenters. The van der Waals surface area contributed by atoms with Crippen molar-refractivity contribution in [2.75, 3.05) is 7.05 Å². The summed E-state index contributed by atoms with van der Waals surface area (Å²) in [6.07, 6.45) is 12.9. The Kier molecular flexibility index (Phi) is 2.23. The number of likely N-dealkylation sites (tertiary alicyclic amines) is 1. The monoisotopic (exact) mass is 283 g/mol. The molecule has 5 rings (SSSR count). The number of hydrogen-bond acceptors (Lipinski definition) is 2.